The van der Waals surface area contributed by atoms with Gasteiger partial charge in [-0.05, 0) is 42.3 Å². The first-order valence-corrected chi connectivity index (χ1v) is 10.3. The summed E-state index contributed by atoms with van der Waals surface area (Å²) in [4.78, 5) is 12.4. The Labute approximate surface area is 153 Å². The average Bonchev–Trinajstić information content (AvgIpc) is 3.34. The number of amides is 1. The number of nitrogens with one attached hydrogen (secondary N) is 1. The standard InChI is InChI=1S/C17H17F2NO4S2/c18-16(19)26(23,24)13-5-2-1-4-12(13)15(21)20-10-17(22,11-7-8-11)14-6-3-9-25-14/h1-6,9,11,16,22H,7-8,10H2,(H,20,21). The first-order valence-electron chi connectivity index (χ1n) is 7.92. The van der Waals surface area contributed by atoms with Crippen LogP contribution in [0.3, 0.4) is 0 Å². The van der Waals surface area contributed by atoms with E-state index in [1.165, 1.54) is 29.5 Å². The number of rotatable bonds is 7. The van der Waals surface area contributed by atoms with Gasteiger partial charge in [0.05, 0.1) is 17.0 Å². The molecular formula is C17H17F2NO4S2. The Balaban J connectivity index is 1.83. The van der Waals surface area contributed by atoms with Crippen LogP contribution in [-0.4, -0.2) is 31.7 Å². The van der Waals surface area contributed by atoms with Gasteiger partial charge in [0.2, 0.25) is 9.84 Å². The zero-order valence-corrected chi connectivity index (χ0v) is 15.2. The maximum Gasteiger partial charge on any atom is 0.341 e. The molecule has 1 aromatic heterocycles. The highest BCUT2D eigenvalue weighted by atomic mass is 32.2. The predicted octanol–water partition coefficient (Wildman–Crippen LogP) is 2.77. The molecule has 1 atom stereocenters. The number of thiophene rings is 1. The molecule has 1 aliphatic carbocycles. The van der Waals surface area contributed by atoms with Crippen molar-refractivity contribution in [1.82, 2.24) is 5.32 Å². The summed E-state index contributed by atoms with van der Waals surface area (Å²) in [6.45, 7) is -0.125. The number of hydrogen-bond donors (Lipinski definition) is 2. The van der Waals surface area contributed by atoms with Crippen molar-refractivity contribution in [3.8, 4) is 0 Å². The van der Waals surface area contributed by atoms with Gasteiger partial charge in [-0.2, -0.15) is 8.78 Å². The molecule has 1 aliphatic rings. The molecular weight excluding hydrogens is 384 g/mol. The number of aliphatic hydroxyl groups is 1. The number of hydrogen-bond acceptors (Lipinski definition) is 5. The lowest BCUT2D eigenvalue weighted by atomic mass is 9.95. The second-order valence-corrected chi connectivity index (χ2v) is 8.99. The van der Waals surface area contributed by atoms with Crippen LogP contribution < -0.4 is 5.32 Å². The topological polar surface area (TPSA) is 83.5 Å². The zero-order chi connectivity index (χ0) is 18.9. The van der Waals surface area contributed by atoms with Crippen LogP contribution in [0.15, 0.2) is 46.7 Å². The smallest absolute Gasteiger partial charge is 0.341 e. The molecule has 3 rings (SSSR count). The normalized spacial score (nSPS) is 17.1. The molecule has 1 aromatic carbocycles. The van der Waals surface area contributed by atoms with Crippen molar-refractivity contribution >= 4 is 27.1 Å². The van der Waals surface area contributed by atoms with Crippen molar-refractivity contribution in [3.63, 3.8) is 0 Å². The van der Waals surface area contributed by atoms with E-state index in [1.54, 1.807) is 12.1 Å². The molecule has 1 saturated carbocycles. The van der Waals surface area contributed by atoms with Crippen molar-refractivity contribution in [1.29, 1.82) is 0 Å². The Kier molecular flexibility index (Phi) is 5.14. The van der Waals surface area contributed by atoms with Crippen molar-refractivity contribution in [2.75, 3.05) is 6.54 Å². The molecule has 1 amide bonds. The van der Waals surface area contributed by atoms with Crippen LogP contribution in [0.4, 0.5) is 8.78 Å². The molecule has 0 saturated heterocycles. The molecule has 0 spiro atoms. The maximum absolute atomic E-state index is 12.9. The lowest BCUT2D eigenvalue weighted by Gasteiger charge is -2.27. The summed E-state index contributed by atoms with van der Waals surface area (Å²) < 4.78 is 49.3. The van der Waals surface area contributed by atoms with Crippen molar-refractivity contribution in [2.45, 2.75) is 29.1 Å². The summed E-state index contributed by atoms with van der Waals surface area (Å²) in [6.07, 6.45) is 1.64. The van der Waals surface area contributed by atoms with E-state index in [1.807, 2.05) is 5.38 Å². The lowest BCUT2D eigenvalue weighted by Crippen LogP contribution is -2.42. The molecule has 0 radical (unpaired) electrons. The van der Waals surface area contributed by atoms with E-state index >= 15 is 0 Å². The van der Waals surface area contributed by atoms with E-state index in [2.05, 4.69) is 5.32 Å². The largest absolute Gasteiger partial charge is 0.382 e. The highest BCUT2D eigenvalue weighted by Gasteiger charge is 2.46. The van der Waals surface area contributed by atoms with Gasteiger partial charge in [-0.3, -0.25) is 4.79 Å². The molecule has 140 valence electrons. The highest BCUT2D eigenvalue weighted by molar-refractivity contribution is 7.91. The maximum atomic E-state index is 12.9. The fraction of sp³-hybridized carbons (Fsp3) is 0.353. The Bertz CT molecular complexity index is 895. The SMILES string of the molecule is O=C(NCC(O)(c1cccs1)C1CC1)c1ccccc1S(=O)(=O)C(F)F. The minimum absolute atomic E-state index is 0.00138. The fourth-order valence-electron chi connectivity index (χ4n) is 2.83. The molecule has 5 nitrogen and oxygen atoms in total. The Hall–Kier alpha value is -1.84. The van der Waals surface area contributed by atoms with Crippen LogP contribution in [-0.2, 0) is 15.4 Å². The second kappa shape index (κ2) is 7.05. The number of carbonyl (C=O) groups is 1. The molecule has 1 fully saturated rings. The third-order valence-corrected chi connectivity index (χ3v) is 6.87. The molecule has 9 heteroatoms. The van der Waals surface area contributed by atoms with Gasteiger partial charge in [0.25, 0.3) is 5.91 Å². The first kappa shape index (κ1) is 18.9. The Morgan fingerprint density at radius 1 is 1.27 bits per heavy atom. The lowest BCUT2D eigenvalue weighted by molar-refractivity contribution is 0.0169. The van der Waals surface area contributed by atoms with Crippen molar-refractivity contribution in [3.05, 3.63) is 52.2 Å². The van der Waals surface area contributed by atoms with E-state index in [0.717, 1.165) is 18.9 Å². The van der Waals surface area contributed by atoms with E-state index < -0.39 is 32.0 Å². The predicted molar refractivity (Wildman–Crippen MR) is 92.9 cm³/mol. The van der Waals surface area contributed by atoms with Gasteiger partial charge in [0.1, 0.15) is 5.60 Å². The van der Waals surface area contributed by atoms with Crippen LogP contribution in [0, 0.1) is 5.92 Å². The van der Waals surface area contributed by atoms with E-state index in [4.69, 9.17) is 0 Å². The highest BCUT2D eigenvalue weighted by Crippen LogP contribution is 2.46. The second-order valence-electron chi connectivity index (χ2n) is 6.16. The van der Waals surface area contributed by atoms with Gasteiger partial charge in [-0.25, -0.2) is 8.42 Å². The average molecular weight is 401 g/mol. The molecule has 1 unspecified atom stereocenters. The zero-order valence-electron chi connectivity index (χ0n) is 13.6. The monoisotopic (exact) mass is 401 g/mol. The van der Waals surface area contributed by atoms with E-state index in [-0.39, 0.29) is 18.0 Å². The Morgan fingerprint density at radius 2 is 1.96 bits per heavy atom. The number of alkyl halides is 2. The first-order chi connectivity index (χ1) is 12.3. The van der Waals surface area contributed by atoms with Gasteiger partial charge in [0.15, 0.2) is 0 Å². The number of sulfone groups is 1. The van der Waals surface area contributed by atoms with Crippen LogP contribution in [0.2, 0.25) is 0 Å². The van der Waals surface area contributed by atoms with Crippen LogP contribution >= 0.6 is 11.3 Å². The quantitative estimate of drug-likeness (QED) is 0.747. The molecule has 0 bridgehead atoms. The van der Waals surface area contributed by atoms with Crippen molar-refractivity contribution < 1.29 is 27.1 Å². The molecule has 2 N–H and O–H groups in total. The number of carbonyl (C=O) groups excluding carboxylic acids is 1. The number of halogens is 2. The molecule has 26 heavy (non-hydrogen) atoms. The number of benzene rings is 1. The molecule has 0 aliphatic heterocycles. The van der Waals surface area contributed by atoms with E-state index in [9.17, 15) is 27.1 Å². The summed E-state index contributed by atoms with van der Waals surface area (Å²) in [6, 6.07) is 8.38. The fourth-order valence-corrected chi connectivity index (χ4v) is 4.66. The minimum atomic E-state index is -4.91. The summed E-state index contributed by atoms with van der Waals surface area (Å²) in [7, 11) is -4.91. The van der Waals surface area contributed by atoms with Gasteiger partial charge >= 0.3 is 5.76 Å². The van der Waals surface area contributed by atoms with Gasteiger partial charge in [-0.1, -0.05) is 18.2 Å². The van der Waals surface area contributed by atoms with Gasteiger partial charge in [-0.15, -0.1) is 11.3 Å². The van der Waals surface area contributed by atoms with Crippen molar-refractivity contribution in [2.24, 2.45) is 5.92 Å². The summed E-state index contributed by atoms with van der Waals surface area (Å²) in [5.41, 5.74) is -1.61. The minimum Gasteiger partial charge on any atom is -0.382 e. The van der Waals surface area contributed by atoms with E-state index in [0.29, 0.717) is 4.88 Å². The van der Waals surface area contributed by atoms with Gasteiger partial charge < -0.3 is 10.4 Å². The summed E-state index contributed by atoms with van der Waals surface area (Å²) in [5, 5.41) is 15.3. The summed E-state index contributed by atoms with van der Waals surface area (Å²) in [5.74, 6) is -4.44. The van der Waals surface area contributed by atoms with Crippen LogP contribution in [0.1, 0.15) is 28.1 Å². The molecule has 2 aromatic rings. The van der Waals surface area contributed by atoms with Crippen LogP contribution in [0.5, 0.6) is 0 Å². The third kappa shape index (κ3) is 3.51. The van der Waals surface area contributed by atoms with Gasteiger partial charge in [0, 0.05) is 4.88 Å². The summed E-state index contributed by atoms with van der Waals surface area (Å²) >= 11 is 1.36. The van der Waals surface area contributed by atoms with Crippen LogP contribution in [0.25, 0.3) is 0 Å². The third-order valence-electron chi connectivity index (χ3n) is 4.39. The Morgan fingerprint density at radius 3 is 2.54 bits per heavy atom. The molecule has 1 heterocycles.